The van der Waals surface area contributed by atoms with Crippen molar-refractivity contribution in [1.82, 2.24) is 9.88 Å². The zero-order valence-electron chi connectivity index (χ0n) is 8.68. The minimum atomic E-state index is -0.961. The Hall–Kier alpha value is -1.42. The van der Waals surface area contributed by atoms with E-state index in [9.17, 15) is 4.79 Å². The Morgan fingerprint density at radius 3 is 3.07 bits per heavy atom. The molecule has 0 aromatic carbocycles. The van der Waals surface area contributed by atoms with Crippen LogP contribution in [0.25, 0.3) is 0 Å². The highest BCUT2D eigenvalue weighted by Gasteiger charge is 2.23. The Labute approximate surface area is 88.6 Å². The fourth-order valence-electron chi connectivity index (χ4n) is 2.10. The van der Waals surface area contributed by atoms with Crippen molar-refractivity contribution in [3.8, 4) is 0 Å². The number of hydrogen-bond acceptors (Lipinski definition) is 3. The fourth-order valence-corrected chi connectivity index (χ4v) is 2.10. The van der Waals surface area contributed by atoms with Gasteiger partial charge in [-0.1, -0.05) is 0 Å². The van der Waals surface area contributed by atoms with Crippen LogP contribution in [-0.2, 0) is 0 Å². The number of carboxylic acid groups (broad SMARTS) is 1. The molecule has 1 fully saturated rings. The summed E-state index contributed by atoms with van der Waals surface area (Å²) in [5.74, 6) is -0.961. The molecular formula is C11H14N2O2. The second-order valence-corrected chi connectivity index (χ2v) is 3.92. The number of aromatic carboxylic acids is 1. The maximum Gasteiger partial charge on any atom is 0.354 e. The van der Waals surface area contributed by atoms with Crippen LogP contribution in [-0.4, -0.2) is 34.6 Å². The number of aromatic nitrogens is 1. The van der Waals surface area contributed by atoms with Crippen molar-refractivity contribution in [2.24, 2.45) is 0 Å². The molecule has 1 N–H and O–H groups in total. The first-order valence-electron chi connectivity index (χ1n) is 5.08. The summed E-state index contributed by atoms with van der Waals surface area (Å²) < 4.78 is 0. The molecule has 1 atom stereocenters. The lowest BCUT2D eigenvalue weighted by molar-refractivity contribution is 0.0690. The zero-order valence-corrected chi connectivity index (χ0v) is 8.68. The van der Waals surface area contributed by atoms with Gasteiger partial charge in [-0.25, -0.2) is 9.78 Å². The maximum absolute atomic E-state index is 10.8. The first kappa shape index (κ1) is 10.1. The van der Waals surface area contributed by atoms with Crippen LogP contribution in [0.15, 0.2) is 18.3 Å². The average molecular weight is 206 g/mol. The van der Waals surface area contributed by atoms with Crippen molar-refractivity contribution >= 4 is 5.97 Å². The van der Waals surface area contributed by atoms with Crippen molar-refractivity contribution < 1.29 is 9.90 Å². The number of likely N-dealkylation sites (tertiary alicyclic amines) is 1. The Morgan fingerprint density at radius 1 is 1.67 bits per heavy atom. The number of rotatable bonds is 2. The van der Waals surface area contributed by atoms with E-state index in [1.807, 2.05) is 6.07 Å². The van der Waals surface area contributed by atoms with Gasteiger partial charge in [0.05, 0.1) is 0 Å². The molecule has 0 amide bonds. The molecule has 4 heteroatoms. The molecule has 1 aromatic heterocycles. The highest BCUT2D eigenvalue weighted by atomic mass is 16.4. The molecule has 1 saturated heterocycles. The standard InChI is InChI=1S/C11H14N2O2/c1-13-6-2-3-10(13)8-4-5-12-9(7-8)11(14)15/h4-5,7,10H,2-3,6H2,1H3,(H,14,15)/t10-/m0/s1. The molecule has 4 nitrogen and oxygen atoms in total. The van der Waals surface area contributed by atoms with Gasteiger partial charge in [0.15, 0.2) is 0 Å². The Kier molecular flexibility index (Phi) is 2.68. The van der Waals surface area contributed by atoms with Crippen molar-refractivity contribution in [2.75, 3.05) is 13.6 Å². The third-order valence-electron chi connectivity index (χ3n) is 2.91. The molecule has 0 bridgehead atoms. The average Bonchev–Trinajstić information content (AvgIpc) is 2.64. The van der Waals surface area contributed by atoms with Crippen LogP contribution in [0.2, 0.25) is 0 Å². The van der Waals surface area contributed by atoms with E-state index in [1.54, 1.807) is 12.3 Å². The summed E-state index contributed by atoms with van der Waals surface area (Å²) in [5.41, 5.74) is 1.19. The third-order valence-corrected chi connectivity index (χ3v) is 2.91. The number of hydrogen-bond donors (Lipinski definition) is 1. The zero-order chi connectivity index (χ0) is 10.8. The molecule has 1 aliphatic heterocycles. The number of carboxylic acids is 1. The lowest BCUT2D eigenvalue weighted by Crippen LogP contribution is -2.18. The predicted molar refractivity (Wildman–Crippen MR) is 55.8 cm³/mol. The third kappa shape index (κ3) is 1.99. The molecular weight excluding hydrogens is 192 g/mol. The van der Waals surface area contributed by atoms with E-state index in [0.717, 1.165) is 18.5 Å². The van der Waals surface area contributed by atoms with Gasteiger partial charge in [0, 0.05) is 12.2 Å². The summed E-state index contributed by atoms with van der Waals surface area (Å²) in [6.07, 6.45) is 3.84. The maximum atomic E-state index is 10.8. The minimum Gasteiger partial charge on any atom is -0.477 e. The Balaban J connectivity index is 2.28. The van der Waals surface area contributed by atoms with Gasteiger partial charge in [0.1, 0.15) is 5.69 Å². The molecule has 2 heterocycles. The lowest BCUT2D eigenvalue weighted by Gasteiger charge is -2.19. The fraction of sp³-hybridized carbons (Fsp3) is 0.455. The molecule has 0 saturated carbocycles. The SMILES string of the molecule is CN1CCC[C@H]1c1ccnc(C(=O)O)c1. The predicted octanol–water partition coefficient (Wildman–Crippen LogP) is 1.55. The Bertz CT molecular complexity index is 379. The van der Waals surface area contributed by atoms with Crippen molar-refractivity contribution in [1.29, 1.82) is 0 Å². The van der Waals surface area contributed by atoms with Crippen LogP contribution in [0.5, 0.6) is 0 Å². The smallest absolute Gasteiger partial charge is 0.354 e. The highest BCUT2D eigenvalue weighted by Crippen LogP contribution is 2.30. The lowest BCUT2D eigenvalue weighted by atomic mass is 10.1. The van der Waals surface area contributed by atoms with Crippen LogP contribution in [0, 0.1) is 0 Å². The first-order chi connectivity index (χ1) is 7.18. The second-order valence-electron chi connectivity index (χ2n) is 3.92. The van der Waals surface area contributed by atoms with E-state index < -0.39 is 5.97 Å². The van der Waals surface area contributed by atoms with E-state index in [-0.39, 0.29) is 5.69 Å². The van der Waals surface area contributed by atoms with Gasteiger partial charge in [-0.3, -0.25) is 4.90 Å². The van der Waals surface area contributed by atoms with E-state index in [4.69, 9.17) is 5.11 Å². The van der Waals surface area contributed by atoms with Crippen LogP contribution in [0.4, 0.5) is 0 Å². The molecule has 0 radical (unpaired) electrons. The second kappa shape index (κ2) is 3.98. The van der Waals surface area contributed by atoms with Crippen LogP contribution in [0.1, 0.15) is 34.9 Å². The van der Waals surface area contributed by atoms with Crippen LogP contribution >= 0.6 is 0 Å². The molecule has 2 rings (SSSR count). The van der Waals surface area contributed by atoms with Gasteiger partial charge < -0.3 is 5.11 Å². The summed E-state index contributed by atoms with van der Waals surface area (Å²) in [4.78, 5) is 16.8. The molecule has 80 valence electrons. The quantitative estimate of drug-likeness (QED) is 0.797. The largest absolute Gasteiger partial charge is 0.477 e. The molecule has 0 spiro atoms. The van der Waals surface area contributed by atoms with E-state index in [1.165, 1.54) is 6.42 Å². The monoisotopic (exact) mass is 206 g/mol. The summed E-state index contributed by atoms with van der Waals surface area (Å²) in [5, 5.41) is 8.84. The molecule has 0 aliphatic carbocycles. The van der Waals surface area contributed by atoms with Gasteiger partial charge in [-0.2, -0.15) is 0 Å². The summed E-state index contributed by atoms with van der Waals surface area (Å²) in [6.45, 7) is 1.08. The van der Waals surface area contributed by atoms with E-state index >= 15 is 0 Å². The molecule has 1 aliphatic rings. The van der Waals surface area contributed by atoms with E-state index in [2.05, 4.69) is 16.9 Å². The summed E-state index contributed by atoms with van der Waals surface area (Å²) in [7, 11) is 2.07. The Morgan fingerprint density at radius 2 is 2.47 bits per heavy atom. The molecule has 15 heavy (non-hydrogen) atoms. The molecule has 1 aromatic rings. The number of carbonyl (C=O) groups is 1. The van der Waals surface area contributed by atoms with Crippen LogP contribution < -0.4 is 0 Å². The highest BCUT2D eigenvalue weighted by molar-refractivity contribution is 5.85. The normalized spacial score (nSPS) is 21.8. The van der Waals surface area contributed by atoms with Crippen LogP contribution in [0.3, 0.4) is 0 Å². The minimum absolute atomic E-state index is 0.132. The van der Waals surface area contributed by atoms with Crippen molar-refractivity contribution in [3.63, 3.8) is 0 Å². The van der Waals surface area contributed by atoms with Gasteiger partial charge >= 0.3 is 5.97 Å². The topological polar surface area (TPSA) is 53.4 Å². The van der Waals surface area contributed by atoms with Gasteiger partial charge in [-0.15, -0.1) is 0 Å². The van der Waals surface area contributed by atoms with Crippen molar-refractivity contribution in [3.05, 3.63) is 29.6 Å². The summed E-state index contributed by atoms with van der Waals surface area (Å²) >= 11 is 0. The molecule has 0 unspecified atom stereocenters. The summed E-state index contributed by atoms with van der Waals surface area (Å²) in [6, 6.07) is 3.93. The number of pyridine rings is 1. The first-order valence-corrected chi connectivity index (χ1v) is 5.08. The van der Waals surface area contributed by atoms with Crippen molar-refractivity contribution in [2.45, 2.75) is 18.9 Å². The van der Waals surface area contributed by atoms with Gasteiger partial charge in [0.2, 0.25) is 0 Å². The number of nitrogens with zero attached hydrogens (tertiary/aromatic N) is 2. The van der Waals surface area contributed by atoms with Gasteiger partial charge in [-0.05, 0) is 44.1 Å². The van der Waals surface area contributed by atoms with E-state index in [0.29, 0.717) is 6.04 Å². The van der Waals surface area contributed by atoms with Gasteiger partial charge in [0.25, 0.3) is 0 Å².